The molecule has 0 bridgehead atoms. The molecule has 2 atom stereocenters. The van der Waals surface area contributed by atoms with Crippen molar-refractivity contribution in [1.82, 2.24) is 10.2 Å². The number of hydrogen-bond donors (Lipinski definition) is 1. The first-order chi connectivity index (χ1) is 13.0. The van der Waals surface area contributed by atoms with E-state index in [1.165, 1.54) is 0 Å². The molecule has 0 unspecified atom stereocenters. The minimum absolute atomic E-state index is 0.0624. The average Bonchev–Trinajstić information content (AvgIpc) is 2.97. The third kappa shape index (κ3) is 4.49. The maximum atomic E-state index is 12.6. The fraction of sp³-hybridized carbons (Fsp3) is 0.250. The molecule has 1 aliphatic heterocycles. The van der Waals surface area contributed by atoms with E-state index in [9.17, 15) is 14.4 Å². The van der Waals surface area contributed by atoms with Crippen LogP contribution in [-0.4, -0.2) is 34.2 Å². The minimum atomic E-state index is -0.784. The van der Waals surface area contributed by atoms with E-state index >= 15 is 0 Å². The van der Waals surface area contributed by atoms with Crippen LogP contribution < -0.4 is 5.32 Å². The number of imide groups is 1. The number of aryl methyl sites for hydroxylation is 1. The third-order valence-electron chi connectivity index (χ3n) is 4.28. The molecule has 6 nitrogen and oxygen atoms in total. The molecule has 27 heavy (non-hydrogen) atoms. The topological polar surface area (TPSA) is 75.7 Å². The van der Waals surface area contributed by atoms with E-state index in [1.54, 1.807) is 6.92 Å². The molecule has 3 rings (SSSR count). The van der Waals surface area contributed by atoms with E-state index in [2.05, 4.69) is 5.32 Å². The second kappa shape index (κ2) is 8.26. The van der Waals surface area contributed by atoms with Crippen LogP contribution in [0.1, 0.15) is 18.1 Å². The van der Waals surface area contributed by atoms with Crippen molar-refractivity contribution in [1.29, 1.82) is 0 Å². The van der Waals surface area contributed by atoms with Crippen LogP contribution in [0.3, 0.4) is 0 Å². The van der Waals surface area contributed by atoms with Gasteiger partial charge < -0.3 is 10.1 Å². The number of amides is 3. The lowest BCUT2D eigenvalue weighted by Gasteiger charge is -2.19. The van der Waals surface area contributed by atoms with Crippen molar-refractivity contribution in [3.05, 3.63) is 65.7 Å². The molecule has 0 aliphatic carbocycles. The molecule has 1 fully saturated rings. The number of carbonyl (C=O) groups is 3. The molecule has 1 aliphatic rings. The Morgan fingerprint density at radius 3 is 2.44 bits per heavy atom. The number of ether oxygens (including phenoxy) is 1. The minimum Gasteiger partial charge on any atom is -0.444 e. The predicted octanol–water partition coefficient (Wildman–Crippen LogP) is 3.73. The second-order valence-electron chi connectivity index (χ2n) is 6.31. The van der Waals surface area contributed by atoms with Crippen molar-refractivity contribution in [2.24, 2.45) is 0 Å². The van der Waals surface area contributed by atoms with Gasteiger partial charge in [0, 0.05) is 4.90 Å². The van der Waals surface area contributed by atoms with E-state index in [-0.39, 0.29) is 11.7 Å². The lowest BCUT2D eigenvalue weighted by molar-refractivity contribution is -0.112. The van der Waals surface area contributed by atoms with Crippen LogP contribution in [0, 0.1) is 6.92 Å². The van der Waals surface area contributed by atoms with Gasteiger partial charge >= 0.3 is 12.1 Å². The molecule has 0 spiro atoms. The molecule has 7 heteroatoms. The Morgan fingerprint density at radius 2 is 1.78 bits per heavy atom. The monoisotopic (exact) mass is 384 g/mol. The smallest absolute Gasteiger partial charge is 0.418 e. The quantitative estimate of drug-likeness (QED) is 0.813. The molecule has 3 amide bonds. The number of thioether (sulfide) groups is 1. The lowest BCUT2D eigenvalue weighted by atomic mass is 10.2. The van der Waals surface area contributed by atoms with Crippen LogP contribution in [0.25, 0.3) is 0 Å². The van der Waals surface area contributed by atoms with Gasteiger partial charge in [-0.2, -0.15) is 0 Å². The number of hydrogen-bond acceptors (Lipinski definition) is 5. The predicted molar refractivity (Wildman–Crippen MR) is 102 cm³/mol. The molecule has 1 heterocycles. The Labute approximate surface area is 161 Å². The fourth-order valence-electron chi connectivity index (χ4n) is 2.74. The highest BCUT2D eigenvalue weighted by molar-refractivity contribution is 8.13. The van der Waals surface area contributed by atoms with Gasteiger partial charge in [-0.3, -0.25) is 4.79 Å². The third-order valence-corrected chi connectivity index (χ3v) is 5.25. The van der Waals surface area contributed by atoms with Crippen LogP contribution in [0.4, 0.5) is 9.59 Å². The van der Waals surface area contributed by atoms with Gasteiger partial charge in [-0.05, 0) is 43.3 Å². The van der Waals surface area contributed by atoms with E-state index in [1.807, 2.05) is 61.5 Å². The Bertz CT molecular complexity index is 839. The van der Waals surface area contributed by atoms with Crippen LogP contribution in [0.5, 0.6) is 0 Å². The first-order valence-electron chi connectivity index (χ1n) is 8.54. The molecule has 2 aromatic rings. The van der Waals surface area contributed by atoms with Crippen molar-refractivity contribution < 1.29 is 19.1 Å². The van der Waals surface area contributed by atoms with Gasteiger partial charge in [-0.15, -0.1) is 0 Å². The number of rotatable bonds is 4. The van der Waals surface area contributed by atoms with Crippen molar-refractivity contribution in [2.45, 2.75) is 37.4 Å². The van der Waals surface area contributed by atoms with Crippen LogP contribution in [0.2, 0.25) is 0 Å². The maximum Gasteiger partial charge on any atom is 0.418 e. The van der Waals surface area contributed by atoms with Gasteiger partial charge in [0.25, 0.3) is 0 Å². The van der Waals surface area contributed by atoms with Crippen molar-refractivity contribution in [3.63, 3.8) is 0 Å². The molecular formula is C20H20N2O4S. The van der Waals surface area contributed by atoms with Crippen LogP contribution in [-0.2, 0) is 16.1 Å². The highest BCUT2D eigenvalue weighted by atomic mass is 32.2. The Kier molecular flexibility index (Phi) is 5.81. The number of nitrogens with one attached hydrogen (secondary N) is 1. The largest absolute Gasteiger partial charge is 0.444 e. The van der Waals surface area contributed by atoms with E-state index in [4.69, 9.17) is 4.74 Å². The van der Waals surface area contributed by atoms with Gasteiger partial charge in [0.15, 0.2) is 0 Å². The molecule has 0 saturated carbocycles. The summed E-state index contributed by atoms with van der Waals surface area (Å²) in [5, 5.41) is 2.36. The highest BCUT2D eigenvalue weighted by Crippen LogP contribution is 2.25. The first-order valence-corrected chi connectivity index (χ1v) is 9.36. The molecule has 140 valence electrons. The van der Waals surface area contributed by atoms with Crippen LogP contribution in [0.15, 0.2) is 59.5 Å². The summed E-state index contributed by atoms with van der Waals surface area (Å²) in [6.07, 6.45) is -0.764. The zero-order chi connectivity index (χ0) is 19.4. The molecular weight excluding hydrogens is 364 g/mol. The van der Waals surface area contributed by atoms with Gasteiger partial charge in [-0.25, -0.2) is 14.5 Å². The van der Waals surface area contributed by atoms with Gasteiger partial charge in [0.1, 0.15) is 12.6 Å². The summed E-state index contributed by atoms with van der Waals surface area (Å²) in [5.74, 6) is 0. The first kappa shape index (κ1) is 19.0. The summed E-state index contributed by atoms with van der Waals surface area (Å²) in [5.41, 5.74) is 1.92. The summed E-state index contributed by atoms with van der Waals surface area (Å²) in [6, 6.07) is 14.7. The SMILES string of the molecule is Cc1ccc(SC(=O)[C@H]2NC(=O)N(C(=O)OCc3ccccc3)[C@H]2C)cc1. The van der Waals surface area contributed by atoms with Crippen molar-refractivity contribution in [2.75, 3.05) is 0 Å². The second-order valence-corrected chi connectivity index (χ2v) is 7.39. The Balaban J connectivity index is 1.61. The van der Waals surface area contributed by atoms with Crippen molar-refractivity contribution >= 4 is 29.0 Å². The molecule has 1 N–H and O–H groups in total. The van der Waals surface area contributed by atoms with Crippen molar-refractivity contribution in [3.8, 4) is 0 Å². The summed E-state index contributed by atoms with van der Waals surface area (Å²) < 4.78 is 5.22. The van der Waals surface area contributed by atoms with E-state index in [0.717, 1.165) is 32.7 Å². The summed E-state index contributed by atoms with van der Waals surface area (Å²) in [7, 11) is 0. The van der Waals surface area contributed by atoms with Gasteiger partial charge in [0.2, 0.25) is 5.12 Å². The molecule has 0 aromatic heterocycles. The average molecular weight is 384 g/mol. The normalized spacial score (nSPS) is 18.9. The Morgan fingerprint density at radius 1 is 1.11 bits per heavy atom. The molecule has 2 aromatic carbocycles. The highest BCUT2D eigenvalue weighted by Gasteiger charge is 2.44. The maximum absolute atomic E-state index is 12.6. The summed E-state index contributed by atoms with van der Waals surface area (Å²) in [4.78, 5) is 38.9. The zero-order valence-electron chi connectivity index (χ0n) is 15.0. The van der Waals surface area contributed by atoms with E-state index < -0.39 is 24.2 Å². The van der Waals surface area contributed by atoms with Gasteiger partial charge in [-0.1, -0.05) is 48.0 Å². The summed E-state index contributed by atoms with van der Waals surface area (Å²) >= 11 is 1.05. The van der Waals surface area contributed by atoms with Gasteiger partial charge in [0.05, 0.1) is 6.04 Å². The number of carbonyl (C=O) groups excluding carboxylic acids is 3. The number of nitrogens with zero attached hydrogens (tertiary/aromatic N) is 1. The lowest BCUT2D eigenvalue weighted by Crippen LogP contribution is -2.41. The fourth-order valence-corrected chi connectivity index (χ4v) is 3.62. The zero-order valence-corrected chi connectivity index (χ0v) is 15.9. The summed E-state index contributed by atoms with van der Waals surface area (Å²) in [6.45, 7) is 3.68. The van der Waals surface area contributed by atoms with Crippen LogP contribution >= 0.6 is 11.8 Å². The number of benzene rings is 2. The Hall–Kier alpha value is -2.80. The number of urea groups is 1. The molecule has 0 radical (unpaired) electrons. The standard InChI is InChI=1S/C20H20N2O4S/c1-13-8-10-16(11-9-13)27-18(23)17-14(2)22(19(24)21-17)20(25)26-12-15-6-4-3-5-7-15/h3-11,14,17H,12H2,1-2H3,(H,21,24)/t14-,17-/m0/s1. The molecule has 1 saturated heterocycles. The van der Waals surface area contributed by atoms with E-state index in [0.29, 0.717) is 0 Å².